The van der Waals surface area contributed by atoms with Crippen LogP contribution in [-0.4, -0.2) is 53.6 Å². The lowest BCUT2D eigenvalue weighted by atomic mass is 9.78. The van der Waals surface area contributed by atoms with Crippen molar-refractivity contribution in [1.82, 2.24) is 10.2 Å². The van der Waals surface area contributed by atoms with Crippen LogP contribution in [0.25, 0.3) is 0 Å². The number of Topliss-reactive ketones (excluding diaryl/α,β-unsaturated/α-hetero) is 1. The number of ketones is 1. The maximum absolute atomic E-state index is 13.8. The molecule has 228 valence electrons. The van der Waals surface area contributed by atoms with Crippen molar-refractivity contribution in [3.63, 3.8) is 0 Å². The molecule has 2 N–H and O–H groups in total. The van der Waals surface area contributed by atoms with Gasteiger partial charge in [-0.25, -0.2) is 4.79 Å². The van der Waals surface area contributed by atoms with E-state index in [9.17, 15) is 24.8 Å². The Morgan fingerprint density at radius 2 is 1.50 bits per heavy atom. The van der Waals surface area contributed by atoms with Gasteiger partial charge in [0.05, 0.1) is 36.9 Å². The highest BCUT2D eigenvalue weighted by atomic mass is 16.6. The number of nitrogens with zero attached hydrogens (tertiary/aromatic N) is 2. The van der Waals surface area contributed by atoms with Gasteiger partial charge in [0, 0.05) is 23.7 Å². The first-order valence-corrected chi connectivity index (χ1v) is 14.0. The number of aromatic hydroxyl groups is 1. The summed E-state index contributed by atoms with van der Waals surface area (Å²) >= 11 is 0. The van der Waals surface area contributed by atoms with E-state index in [1.54, 1.807) is 45.9 Å². The van der Waals surface area contributed by atoms with E-state index in [2.05, 4.69) is 11.4 Å². The summed E-state index contributed by atoms with van der Waals surface area (Å²) in [7, 11) is 1.48. The number of nitriles is 1. The molecule has 2 amide bonds. The van der Waals surface area contributed by atoms with Crippen LogP contribution in [0.2, 0.25) is 0 Å². The van der Waals surface area contributed by atoms with Gasteiger partial charge in [0.15, 0.2) is 5.78 Å². The lowest BCUT2D eigenvalue weighted by Crippen LogP contribution is -2.39. The van der Waals surface area contributed by atoms with Gasteiger partial charge in [-0.2, -0.15) is 5.26 Å². The first-order chi connectivity index (χ1) is 19.2. The van der Waals surface area contributed by atoms with Crippen molar-refractivity contribution in [3.05, 3.63) is 57.6 Å². The second-order valence-corrected chi connectivity index (χ2v) is 13.3. The van der Waals surface area contributed by atoms with Crippen molar-refractivity contribution in [3.8, 4) is 17.6 Å². The second kappa shape index (κ2) is 12.8. The number of phenols is 1. The smallest absolute Gasteiger partial charge is 0.411 e. The molecule has 0 unspecified atom stereocenters. The number of amides is 2. The third-order valence-corrected chi connectivity index (χ3v) is 6.49. The molecule has 0 radical (unpaired) electrons. The normalized spacial score (nSPS) is 11.9. The molecule has 0 atom stereocenters. The van der Waals surface area contributed by atoms with E-state index >= 15 is 0 Å². The molecule has 0 heterocycles. The fourth-order valence-corrected chi connectivity index (χ4v) is 4.36. The maximum atomic E-state index is 13.8. The van der Waals surface area contributed by atoms with Crippen molar-refractivity contribution in [2.24, 2.45) is 0 Å². The minimum absolute atomic E-state index is 0.145. The summed E-state index contributed by atoms with van der Waals surface area (Å²) < 4.78 is 11.3. The highest BCUT2D eigenvalue weighted by Crippen LogP contribution is 2.40. The van der Waals surface area contributed by atoms with Gasteiger partial charge < -0.3 is 19.9 Å². The Kier molecular flexibility index (Phi) is 10.4. The van der Waals surface area contributed by atoms with Crippen LogP contribution >= 0.6 is 0 Å². The Bertz CT molecular complexity index is 1350. The number of carbonyl (C=O) groups is 3. The zero-order chi connectivity index (χ0) is 32.2. The molecule has 0 fully saturated rings. The molecule has 2 rings (SSSR count). The number of nitrogens with one attached hydrogen (secondary N) is 1. The third-order valence-electron chi connectivity index (χ3n) is 6.49. The Hall–Kier alpha value is -4.06. The highest BCUT2D eigenvalue weighted by Gasteiger charge is 2.30. The van der Waals surface area contributed by atoms with E-state index in [1.807, 2.05) is 41.5 Å². The molecule has 0 aliphatic rings. The number of rotatable bonds is 8. The van der Waals surface area contributed by atoms with E-state index in [-0.39, 0.29) is 48.1 Å². The van der Waals surface area contributed by atoms with Gasteiger partial charge in [0.1, 0.15) is 17.1 Å². The van der Waals surface area contributed by atoms with Crippen LogP contribution in [0, 0.1) is 11.3 Å². The molecule has 2 aromatic carbocycles. The van der Waals surface area contributed by atoms with Crippen molar-refractivity contribution in [1.29, 1.82) is 5.26 Å². The topological polar surface area (TPSA) is 129 Å². The highest BCUT2D eigenvalue weighted by molar-refractivity contribution is 6.00. The molecule has 0 saturated carbocycles. The molecular weight excluding hydrogens is 534 g/mol. The number of hydrogen-bond donors (Lipinski definition) is 2. The number of hydrogen-bond acceptors (Lipinski definition) is 7. The molecule has 0 saturated heterocycles. The average Bonchev–Trinajstić information content (AvgIpc) is 2.85. The lowest BCUT2D eigenvalue weighted by molar-refractivity contribution is 0.0231. The fourth-order valence-electron chi connectivity index (χ4n) is 4.36. The third kappa shape index (κ3) is 8.48. The Morgan fingerprint density at radius 1 is 0.952 bits per heavy atom. The van der Waals surface area contributed by atoms with E-state index < -0.39 is 28.4 Å². The molecule has 0 aliphatic carbocycles. The van der Waals surface area contributed by atoms with Gasteiger partial charge in [-0.05, 0) is 68.4 Å². The molecule has 0 bridgehead atoms. The van der Waals surface area contributed by atoms with Crippen LogP contribution in [0.3, 0.4) is 0 Å². The minimum Gasteiger partial charge on any atom is -0.507 e. The summed E-state index contributed by atoms with van der Waals surface area (Å²) in [6, 6.07) is 8.40. The van der Waals surface area contributed by atoms with Gasteiger partial charge in [0.25, 0.3) is 5.91 Å². The van der Waals surface area contributed by atoms with Crippen molar-refractivity contribution in [2.75, 3.05) is 20.2 Å². The Balaban J connectivity index is 2.65. The fraction of sp³-hybridized carbons (Fsp3) is 0.515. The molecule has 9 nitrogen and oxygen atoms in total. The van der Waals surface area contributed by atoms with Gasteiger partial charge in [-0.15, -0.1) is 0 Å². The van der Waals surface area contributed by atoms with Crippen LogP contribution in [0.5, 0.6) is 11.5 Å². The van der Waals surface area contributed by atoms with Gasteiger partial charge in [0.2, 0.25) is 0 Å². The summed E-state index contributed by atoms with van der Waals surface area (Å²) in [4.78, 5) is 40.9. The molecule has 2 aromatic rings. The molecule has 9 heteroatoms. The number of benzene rings is 2. The number of carbonyl (C=O) groups excluding carboxylic acids is 3. The van der Waals surface area contributed by atoms with Crippen molar-refractivity contribution >= 4 is 17.8 Å². The first kappa shape index (κ1) is 34.1. The summed E-state index contributed by atoms with van der Waals surface area (Å²) in [5.41, 5.74) is 0.601. The van der Waals surface area contributed by atoms with Crippen LogP contribution in [0.15, 0.2) is 24.3 Å². The van der Waals surface area contributed by atoms with E-state index in [1.165, 1.54) is 18.0 Å². The maximum Gasteiger partial charge on any atom is 0.411 e. The molecule has 0 spiro atoms. The van der Waals surface area contributed by atoms with Crippen molar-refractivity contribution < 1.29 is 29.0 Å². The molecule has 42 heavy (non-hydrogen) atoms. The van der Waals surface area contributed by atoms with Crippen LogP contribution in [-0.2, 0) is 22.1 Å². The zero-order valence-corrected chi connectivity index (χ0v) is 26.8. The summed E-state index contributed by atoms with van der Waals surface area (Å²) in [6.07, 6.45) is -0.737. The SMILES string of the molecule is CCOc1cc(CN(CC(=O)c2cc(C(C)(C)C)c(O)c(C(C)(C)C)c2)C(=O)OC(C)(C)C)c(C#N)cc1C(=O)NC. The second-order valence-electron chi connectivity index (χ2n) is 13.3. The molecular formula is C33H45N3O6. The number of ether oxygens (including phenoxy) is 2. The van der Waals surface area contributed by atoms with E-state index in [0.717, 1.165) is 0 Å². The predicted molar refractivity (Wildman–Crippen MR) is 162 cm³/mol. The van der Waals surface area contributed by atoms with Gasteiger partial charge >= 0.3 is 6.09 Å². The first-order valence-electron chi connectivity index (χ1n) is 14.0. The quantitative estimate of drug-likeness (QED) is 0.354. The summed E-state index contributed by atoms with van der Waals surface area (Å²) in [5, 5.41) is 23.5. The number of phenolic OH excluding ortho intramolecular Hbond substituents is 1. The minimum atomic E-state index is -0.840. The van der Waals surface area contributed by atoms with Crippen molar-refractivity contribution in [2.45, 2.75) is 92.2 Å². The van der Waals surface area contributed by atoms with Crippen LogP contribution in [0.1, 0.15) is 112 Å². The van der Waals surface area contributed by atoms with E-state index in [0.29, 0.717) is 22.3 Å². The zero-order valence-electron chi connectivity index (χ0n) is 26.8. The summed E-state index contributed by atoms with van der Waals surface area (Å²) in [5.74, 6) is -0.377. The average molecular weight is 580 g/mol. The molecule has 0 aliphatic heterocycles. The van der Waals surface area contributed by atoms with Crippen LogP contribution in [0.4, 0.5) is 4.79 Å². The lowest BCUT2D eigenvalue weighted by Gasteiger charge is -2.29. The molecule has 0 aromatic heterocycles. The summed E-state index contributed by atoms with van der Waals surface area (Å²) in [6.45, 7) is 18.5. The van der Waals surface area contributed by atoms with Gasteiger partial charge in [-0.1, -0.05) is 41.5 Å². The largest absolute Gasteiger partial charge is 0.507 e. The monoisotopic (exact) mass is 579 g/mol. The van der Waals surface area contributed by atoms with E-state index in [4.69, 9.17) is 9.47 Å². The van der Waals surface area contributed by atoms with Crippen LogP contribution < -0.4 is 10.1 Å². The predicted octanol–water partition coefficient (Wildman–Crippen LogP) is 6.24. The van der Waals surface area contributed by atoms with Gasteiger partial charge in [-0.3, -0.25) is 14.5 Å². The standard InChI is InChI=1S/C33H45N3O6/c1-12-41-27-16-22(21(17-34)13-23(27)29(39)35-11)18-36(30(40)42-33(8,9)10)19-26(37)20-14-24(31(2,3)4)28(38)25(15-20)32(5,6)7/h13-16,38H,12,18-19H2,1-11H3,(H,35,39). The Labute approximate surface area is 249 Å². The Morgan fingerprint density at radius 3 is 1.93 bits per heavy atom.